The maximum absolute atomic E-state index is 9.86. The summed E-state index contributed by atoms with van der Waals surface area (Å²) in [7, 11) is 0. The fourth-order valence-electron chi connectivity index (χ4n) is 5.47. The number of hydrogen-bond acceptors (Lipinski definition) is 8. The molecule has 8 nitrogen and oxygen atoms in total. The number of nitriles is 4. The van der Waals surface area contributed by atoms with Crippen LogP contribution in [0.25, 0.3) is 0 Å². The summed E-state index contributed by atoms with van der Waals surface area (Å²) in [6.07, 6.45) is 1.42. The van der Waals surface area contributed by atoms with Gasteiger partial charge < -0.3 is 20.1 Å². The first kappa shape index (κ1) is 29.5. The Morgan fingerprint density at radius 1 is 0.548 bits per heavy atom. The van der Waals surface area contributed by atoms with Crippen LogP contribution in [0.15, 0.2) is 93.6 Å². The van der Waals surface area contributed by atoms with Crippen LogP contribution in [0.3, 0.4) is 0 Å². The molecule has 0 aliphatic carbocycles. The van der Waals surface area contributed by atoms with E-state index in [1.807, 2.05) is 76.2 Å². The quantitative estimate of drug-likeness (QED) is 0.334. The number of unbranched alkanes of at least 4 members (excludes halogenated alkanes) is 1. The van der Waals surface area contributed by atoms with Gasteiger partial charge in [-0.05, 0) is 52.7 Å². The lowest BCUT2D eigenvalue weighted by molar-refractivity contribution is 0.263. The van der Waals surface area contributed by atoms with E-state index in [0.717, 1.165) is 33.9 Å². The lowest BCUT2D eigenvalue weighted by atomic mass is 9.81. The number of benzene rings is 2. The van der Waals surface area contributed by atoms with Gasteiger partial charge in [0.15, 0.2) is 0 Å². The van der Waals surface area contributed by atoms with Gasteiger partial charge in [-0.15, -0.1) is 0 Å². The number of allylic oxidation sites excluding steroid dienone is 8. The van der Waals surface area contributed by atoms with Crippen molar-refractivity contribution in [3.63, 3.8) is 0 Å². The van der Waals surface area contributed by atoms with E-state index in [4.69, 9.17) is 9.47 Å². The molecule has 0 spiro atoms. The van der Waals surface area contributed by atoms with Gasteiger partial charge in [-0.3, -0.25) is 0 Å². The monoisotopic (exact) mass is 556 g/mol. The van der Waals surface area contributed by atoms with Crippen LogP contribution in [-0.2, 0) is 0 Å². The van der Waals surface area contributed by atoms with Crippen LogP contribution >= 0.6 is 0 Å². The van der Waals surface area contributed by atoms with Gasteiger partial charge in [0, 0.05) is 33.9 Å². The van der Waals surface area contributed by atoms with Gasteiger partial charge in [0.05, 0.1) is 71.6 Å². The second-order valence-corrected chi connectivity index (χ2v) is 10.2. The molecule has 0 saturated heterocycles. The minimum absolute atomic E-state index is 0.428. The predicted molar refractivity (Wildman–Crippen MR) is 158 cm³/mol. The van der Waals surface area contributed by atoms with Crippen LogP contribution in [0, 0.1) is 45.3 Å². The number of hydrogen-bond donors (Lipinski definition) is 2. The second kappa shape index (κ2) is 13.3. The smallest absolute Gasteiger partial charge is 0.123 e. The molecule has 2 aromatic carbocycles. The van der Waals surface area contributed by atoms with Crippen LogP contribution < -0.4 is 20.1 Å². The fourth-order valence-corrected chi connectivity index (χ4v) is 5.47. The number of dihydropyridines is 2. The highest BCUT2D eigenvalue weighted by Crippen LogP contribution is 2.42. The van der Waals surface area contributed by atoms with E-state index < -0.39 is 11.8 Å². The molecule has 0 fully saturated rings. The van der Waals surface area contributed by atoms with Crippen molar-refractivity contribution in [3.8, 4) is 35.8 Å². The third-order valence-corrected chi connectivity index (χ3v) is 7.52. The summed E-state index contributed by atoms with van der Waals surface area (Å²) in [5, 5.41) is 45.7. The van der Waals surface area contributed by atoms with Gasteiger partial charge in [0.1, 0.15) is 11.5 Å². The molecule has 0 saturated carbocycles. The normalized spacial score (nSPS) is 15.7. The average Bonchev–Trinajstić information content (AvgIpc) is 2.98. The molecule has 2 aromatic rings. The molecular weight excluding hydrogens is 524 g/mol. The van der Waals surface area contributed by atoms with Gasteiger partial charge in [-0.1, -0.05) is 36.4 Å². The van der Waals surface area contributed by atoms with Crippen molar-refractivity contribution < 1.29 is 9.47 Å². The summed E-state index contributed by atoms with van der Waals surface area (Å²) >= 11 is 0. The Balaban J connectivity index is 1.43. The van der Waals surface area contributed by atoms with Gasteiger partial charge in [-0.25, -0.2) is 0 Å². The summed E-state index contributed by atoms with van der Waals surface area (Å²) in [5.74, 6) is 0.304. The maximum Gasteiger partial charge on any atom is 0.123 e. The van der Waals surface area contributed by atoms with Gasteiger partial charge in [-0.2, -0.15) is 21.0 Å². The Morgan fingerprint density at radius 3 is 1.17 bits per heavy atom. The van der Waals surface area contributed by atoms with E-state index in [1.165, 1.54) is 0 Å². The van der Waals surface area contributed by atoms with E-state index in [9.17, 15) is 21.0 Å². The molecule has 4 rings (SSSR count). The van der Waals surface area contributed by atoms with E-state index in [0.29, 0.717) is 59.8 Å². The third kappa shape index (κ3) is 5.85. The zero-order valence-electron chi connectivity index (χ0n) is 24.2. The largest absolute Gasteiger partial charge is 0.493 e. The van der Waals surface area contributed by atoms with Crippen molar-refractivity contribution in [2.45, 2.75) is 52.4 Å². The zero-order chi connectivity index (χ0) is 30.2. The van der Waals surface area contributed by atoms with Crippen LogP contribution in [0.5, 0.6) is 11.5 Å². The Labute approximate surface area is 247 Å². The zero-order valence-corrected chi connectivity index (χ0v) is 24.2. The highest BCUT2D eigenvalue weighted by molar-refractivity contribution is 5.59. The highest BCUT2D eigenvalue weighted by atomic mass is 16.5. The first-order valence-corrected chi connectivity index (χ1v) is 13.8. The lowest BCUT2D eigenvalue weighted by Crippen LogP contribution is -2.24. The SMILES string of the molecule is CC1=C(C#N)C(c2ccccc2OCCCCOc2ccccc2C2C(C#N)=C(C)NC(C)=C2C#N)C(C#N)=C(C)N1. The predicted octanol–water partition coefficient (Wildman–Crippen LogP) is 6.49. The van der Waals surface area contributed by atoms with Gasteiger partial charge >= 0.3 is 0 Å². The standard InChI is InChI=1S/C34H32N6O2/c1-21-27(17-35)33(28(18-36)22(2)39-21)25-11-5-7-13-31(25)41-15-9-10-16-42-32-14-8-6-12-26(32)34-29(19-37)23(3)40-24(4)30(34)20-38/h5-8,11-14,33-34,39-40H,9-10,15-16H2,1-4H3. The Kier molecular flexibility index (Phi) is 9.34. The van der Waals surface area contributed by atoms with Gasteiger partial charge in [0.2, 0.25) is 0 Å². The summed E-state index contributed by atoms with van der Waals surface area (Å²) in [4.78, 5) is 0. The van der Waals surface area contributed by atoms with Crippen molar-refractivity contribution in [1.29, 1.82) is 21.0 Å². The fraction of sp³-hybridized carbons (Fsp3) is 0.294. The topological polar surface area (TPSA) is 138 Å². The molecule has 8 heteroatoms. The lowest BCUT2D eigenvalue weighted by Gasteiger charge is -2.27. The minimum atomic E-state index is -0.487. The minimum Gasteiger partial charge on any atom is -0.493 e. The van der Waals surface area contributed by atoms with Crippen LogP contribution in [0.4, 0.5) is 0 Å². The highest BCUT2D eigenvalue weighted by Gasteiger charge is 2.32. The van der Waals surface area contributed by atoms with Crippen molar-refractivity contribution in [2.75, 3.05) is 13.2 Å². The van der Waals surface area contributed by atoms with Crippen LogP contribution in [0.1, 0.15) is 63.5 Å². The Morgan fingerprint density at radius 2 is 0.857 bits per heavy atom. The van der Waals surface area contributed by atoms with Crippen molar-refractivity contribution in [2.24, 2.45) is 0 Å². The first-order chi connectivity index (χ1) is 20.4. The summed E-state index contributed by atoms with van der Waals surface area (Å²) in [6, 6.07) is 24.2. The van der Waals surface area contributed by atoms with E-state index in [2.05, 4.69) is 34.9 Å². The van der Waals surface area contributed by atoms with E-state index in [-0.39, 0.29) is 0 Å². The molecule has 0 aromatic heterocycles. The molecule has 0 atom stereocenters. The molecule has 2 N–H and O–H groups in total. The van der Waals surface area contributed by atoms with Crippen molar-refractivity contribution in [3.05, 3.63) is 105 Å². The van der Waals surface area contributed by atoms with Crippen molar-refractivity contribution >= 4 is 0 Å². The number of nitrogens with zero attached hydrogens (tertiary/aromatic N) is 4. The summed E-state index contributed by atoms with van der Waals surface area (Å²) in [5.41, 5.74) is 6.51. The summed E-state index contributed by atoms with van der Waals surface area (Å²) < 4.78 is 12.3. The van der Waals surface area contributed by atoms with Crippen LogP contribution in [0.2, 0.25) is 0 Å². The van der Waals surface area contributed by atoms with E-state index >= 15 is 0 Å². The van der Waals surface area contributed by atoms with Gasteiger partial charge in [0.25, 0.3) is 0 Å². The maximum atomic E-state index is 9.86. The molecular formula is C34H32N6O2. The second-order valence-electron chi connectivity index (χ2n) is 10.2. The number of ether oxygens (including phenoxy) is 2. The molecule has 2 aliphatic heterocycles. The molecule has 0 radical (unpaired) electrons. The molecule has 2 aliphatic rings. The molecule has 0 amide bonds. The average molecular weight is 557 g/mol. The third-order valence-electron chi connectivity index (χ3n) is 7.52. The summed E-state index contributed by atoms with van der Waals surface area (Å²) in [6.45, 7) is 8.22. The molecule has 42 heavy (non-hydrogen) atoms. The van der Waals surface area contributed by atoms with E-state index in [1.54, 1.807) is 0 Å². The Hall–Kier alpha value is -5.44. The molecule has 0 bridgehead atoms. The molecule has 2 heterocycles. The molecule has 210 valence electrons. The van der Waals surface area contributed by atoms with Crippen molar-refractivity contribution in [1.82, 2.24) is 10.6 Å². The first-order valence-electron chi connectivity index (χ1n) is 13.8. The number of para-hydroxylation sites is 2. The number of nitrogens with one attached hydrogen (secondary N) is 2. The van der Waals surface area contributed by atoms with Crippen LogP contribution in [-0.4, -0.2) is 13.2 Å². The number of rotatable bonds is 9. The Bertz CT molecular complexity index is 1490. The molecule has 0 unspecified atom stereocenters.